The molecule has 1 aromatic carbocycles. The highest BCUT2D eigenvalue weighted by Gasteiger charge is 2.33. The van der Waals surface area contributed by atoms with E-state index in [1.165, 1.54) is 19.3 Å². The van der Waals surface area contributed by atoms with Gasteiger partial charge in [-0.25, -0.2) is 22.0 Å². The maximum Gasteiger partial charge on any atom is 0.200 e. The predicted octanol–water partition coefficient (Wildman–Crippen LogP) is 7.21. The minimum Gasteiger partial charge on any atom is -0.365 e. The minimum absolute atomic E-state index is 0.0283. The van der Waals surface area contributed by atoms with Crippen LogP contribution in [0, 0.1) is 35.0 Å². The molecule has 2 unspecified atom stereocenters. The van der Waals surface area contributed by atoms with Crippen molar-refractivity contribution in [1.82, 2.24) is 0 Å². The second-order valence-electron chi connectivity index (χ2n) is 8.55. The first-order valence-corrected chi connectivity index (χ1v) is 10.9. The van der Waals surface area contributed by atoms with Crippen LogP contribution in [-0.4, -0.2) is 17.0 Å². The van der Waals surface area contributed by atoms with Crippen molar-refractivity contribution in [2.24, 2.45) is 5.92 Å². The van der Waals surface area contributed by atoms with E-state index in [4.69, 9.17) is 4.74 Å². The molecule has 0 saturated carbocycles. The zero-order chi connectivity index (χ0) is 22.9. The van der Waals surface area contributed by atoms with Crippen molar-refractivity contribution >= 4 is 0 Å². The summed E-state index contributed by atoms with van der Waals surface area (Å²) in [7, 11) is 0. The fourth-order valence-electron chi connectivity index (χ4n) is 3.80. The van der Waals surface area contributed by atoms with Gasteiger partial charge in [0.05, 0.1) is 6.10 Å². The van der Waals surface area contributed by atoms with Gasteiger partial charge >= 0.3 is 0 Å². The number of aliphatic hydroxyl groups is 1. The number of hydrogen-bond acceptors (Lipinski definition) is 2. The van der Waals surface area contributed by atoms with Crippen LogP contribution in [0.15, 0.2) is 0 Å². The quantitative estimate of drug-likeness (QED) is 0.109. The molecule has 0 aliphatic carbocycles. The zero-order valence-corrected chi connectivity index (χ0v) is 18.5. The molecule has 0 fully saturated rings. The van der Waals surface area contributed by atoms with Gasteiger partial charge in [0.2, 0.25) is 5.82 Å². The minimum atomic E-state index is -2.17. The number of hydrogen-bond donors (Lipinski definition) is 1. The van der Waals surface area contributed by atoms with E-state index in [0.717, 1.165) is 25.7 Å². The van der Waals surface area contributed by atoms with Gasteiger partial charge in [-0.15, -0.1) is 0 Å². The number of unbranched alkanes of at least 4 members (excludes halogenated alkanes) is 6. The summed E-state index contributed by atoms with van der Waals surface area (Å²) in [6, 6.07) is 0. The Bertz CT molecular complexity index is 636. The average Bonchev–Trinajstić information content (AvgIpc) is 2.66. The topological polar surface area (TPSA) is 29.5 Å². The molecule has 0 aliphatic rings. The van der Waals surface area contributed by atoms with Crippen molar-refractivity contribution < 1.29 is 31.8 Å². The van der Waals surface area contributed by atoms with Crippen molar-refractivity contribution in [2.75, 3.05) is 0 Å². The summed E-state index contributed by atoms with van der Waals surface area (Å²) in [6.45, 7) is 7.28. The van der Waals surface area contributed by atoms with Crippen LogP contribution in [0.3, 0.4) is 0 Å². The first-order chi connectivity index (χ1) is 14.0. The van der Waals surface area contributed by atoms with Crippen molar-refractivity contribution in [3.05, 3.63) is 34.6 Å². The SMILES string of the molecule is CCCCCCCCCC(O)(CC(C)Cc1c(F)c(F)c(F)c(F)c1F)OC(C)C. The number of rotatable bonds is 14. The molecule has 1 N–H and O–H groups in total. The first-order valence-electron chi connectivity index (χ1n) is 10.9. The van der Waals surface area contributed by atoms with E-state index in [9.17, 15) is 27.1 Å². The largest absolute Gasteiger partial charge is 0.365 e. The molecule has 0 amide bonds. The standard InChI is InChI=1S/C23H35F5O2/c1-5-6-7-8-9-10-11-12-23(29,30-15(2)3)14-16(4)13-17-18(24)20(26)22(28)21(27)19(17)25/h15-16,29H,5-14H2,1-4H3. The van der Waals surface area contributed by atoms with E-state index < -0.39 is 52.8 Å². The Hall–Kier alpha value is -1.21. The summed E-state index contributed by atoms with van der Waals surface area (Å²) in [4.78, 5) is 0. The van der Waals surface area contributed by atoms with Crippen LogP contribution < -0.4 is 0 Å². The molecule has 0 aromatic heterocycles. The maximum absolute atomic E-state index is 14.0. The molecule has 2 atom stereocenters. The molecule has 174 valence electrons. The van der Waals surface area contributed by atoms with Crippen LogP contribution in [0.2, 0.25) is 0 Å². The third-order valence-corrected chi connectivity index (χ3v) is 5.15. The smallest absolute Gasteiger partial charge is 0.200 e. The molecule has 30 heavy (non-hydrogen) atoms. The van der Waals surface area contributed by atoms with Gasteiger partial charge in [0.15, 0.2) is 29.1 Å². The average molecular weight is 439 g/mol. The Morgan fingerprint density at radius 3 is 1.73 bits per heavy atom. The van der Waals surface area contributed by atoms with E-state index in [0.29, 0.717) is 6.42 Å². The van der Waals surface area contributed by atoms with Crippen LogP contribution in [0.5, 0.6) is 0 Å². The van der Waals surface area contributed by atoms with Crippen LogP contribution in [0.25, 0.3) is 0 Å². The highest BCUT2D eigenvalue weighted by Crippen LogP contribution is 2.31. The molecule has 7 heteroatoms. The summed E-state index contributed by atoms with van der Waals surface area (Å²) < 4.78 is 73.7. The fourth-order valence-corrected chi connectivity index (χ4v) is 3.80. The van der Waals surface area contributed by atoms with Gasteiger partial charge in [0.25, 0.3) is 0 Å². The molecule has 1 aromatic rings. The second-order valence-corrected chi connectivity index (χ2v) is 8.55. The van der Waals surface area contributed by atoms with Gasteiger partial charge in [-0.1, -0.05) is 52.4 Å². The van der Waals surface area contributed by atoms with Gasteiger partial charge in [-0.05, 0) is 32.6 Å². The molecule has 0 radical (unpaired) electrons. The lowest BCUT2D eigenvalue weighted by atomic mass is 9.90. The Morgan fingerprint density at radius 1 is 0.767 bits per heavy atom. The predicted molar refractivity (Wildman–Crippen MR) is 107 cm³/mol. The summed E-state index contributed by atoms with van der Waals surface area (Å²) in [5.41, 5.74) is -0.860. The molecule has 0 aliphatic heterocycles. The third kappa shape index (κ3) is 8.14. The highest BCUT2D eigenvalue weighted by atomic mass is 19.2. The van der Waals surface area contributed by atoms with Gasteiger partial charge in [0, 0.05) is 18.4 Å². The number of ether oxygens (including phenoxy) is 1. The van der Waals surface area contributed by atoms with Gasteiger partial charge in [-0.2, -0.15) is 0 Å². The van der Waals surface area contributed by atoms with E-state index in [1.54, 1.807) is 20.8 Å². The van der Waals surface area contributed by atoms with Gasteiger partial charge < -0.3 is 9.84 Å². The zero-order valence-electron chi connectivity index (χ0n) is 18.5. The summed E-state index contributed by atoms with van der Waals surface area (Å²) in [6.07, 6.45) is 7.10. The molecule has 2 nitrogen and oxygen atoms in total. The van der Waals surface area contributed by atoms with Crippen molar-refractivity contribution in [2.45, 2.75) is 104 Å². The van der Waals surface area contributed by atoms with E-state index in [1.807, 2.05) is 0 Å². The lowest BCUT2D eigenvalue weighted by Crippen LogP contribution is -2.37. The van der Waals surface area contributed by atoms with E-state index in [-0.39, 0.29) is 12.5 Å². The van der Waals surface area contributed by atoms with Gasteiger partial charge in [0.1, 0.15) is 0 Å². The normalized spacial score (nSPS) is 14.9. The third-order valence-electron chi connectivity index (χ3n) is 5.15. The highest BCUT2D eigenvalue weighted by molar-refractivity contribution is 5.24. The summed E-state index contributed by atoms with van der Waals surface area (Å²) in [5, 5.41) is 10.9. The molecule has 0 bridgehead atoms. The van der Waals surface area contributed by atoms with Crippen molar-refractivity contribution in [3.63, 3.8) is 0 Å². The fraction of sp³-hybridized carbons (Fsp3) is 0.739. The Kier molecular flexibility index (Phi) is 11.3. The van der Waals surface area contributed by atoms with Crippen LogP contribution >= 0.6 is 0 Å². The van der Waals surface area contributed by atoms with Crippen LogP contribution in [-0.2, 0) is 11.2 Å². The number of halogens is 5. The lowest BCUT2D eigenvalue weighted by molar-refractivity contribution is -0.236. The van der Waals surface area contributed by atoms with Crippen LogP contribution in [0.4, 0.5) is 22.0 Å². The van der Waals surface area contributed by atoms with Crippen LogP contribution in [0.1, 0.15) is 91.0 Å². The number of benzene rings is 1. The van der Waals surface area contributed by atoms with E-state index in [2.05, 4.69) is 6.92 Å². The summed E-state index contributed by atoms with van der Waals surface area (Å²) >= 11 is 0. The Balaban J connectivity index is 2.76. The monoisotopic (exact) mass is 438 g/mol. The second kappa shape index (κ2) is 12.6. The molecule has 0 heterocycles. The Morgan fingerprint density at radius 2 is 1.23 bits per heavy atom. The molecular weight excluding hydrogens is 403 g/mol. The molecular formula is C23H35F5O2. The Labute approximate surface area is 176 Å². The molecule has 0 spiro atoms. The van der Waals surface area contributed by atoms with Crippen molar-refractivity contribution in [1.29, 1.82) is 0 Å². The van der Waals surface area contributed by atoms with Crippen molar-refractivity contribution in [3.8, 4) is 0 Å². The van der Waals surface area contributed by atoms with Gasteiger partial charge in [-0.3, -0.25) is 0 Å². The molecule has 0 saturated heterocycles. The lowest BCUT2D eigenvalue weighted by Gasteiger charge is -2.33. The van der Waals surface area contributed by atoms with E-state index >= 15 is 0 Å². The maximum atomic E-state index is 14.0. The first kappa shape index (κ1) is 26.8. The molecule has 1 rings (SSSR count). The summed E-state index contributed by atoms with van der Waals surface area (Å²) in [5.74, 6) is -11.8.